The van der Waals surface area contributed by atoms with Crippen molar-refractivity contribution in [1.82, 2.24) is 5.32 Å². The standard InChI is InChI=1S/C17H20N2O3S/c1-11-3-8-17-15(9-11)16(10-22-17)19-12(2)13-4-6-14(7-5-13)23(18,20)21/h3-9,12,16,19H,10H2,1-2H3,(H2,18,20,21)/t12-,16+/m0/s1. The van der Waals surface area contributed by atoms with Crippen molar-refractivity contribution in [3.63, 3.8) is 0 Å². The third kappa shape index (κ3) is 3.39. The maximum absolute atomic E-state index is 11.3. The van der Waals surface area contributed by atoms with Crippen molar-refractivity contribution in [2.75, 3.05) is 6.61 Å². The molecular weight excluding hydrogens is 312 g/mol. The van der Waals surface area contributed by atoms with Gasteiger partial charge in [0.25, 0.3) is 0 Å². The second kappa shape index (κ2) is 5.96. The molecule has 0 saturated heterocycles. The first-order valence-electron chi connectivity index (χ1n) is 7.47. The Bertz CT molecular complexity index is 816. The van der Waals surface area contributed by atoms with E-state index in [1.165, 1.54) is 17.7 Å². The number of hydrogen-bond donors (Lipinski definition) is 2. The Balaban J connectivity index is 1.76. The van der Waals surface area contributed by atoms with Crippen LogP contribution in [-0.2, 0) is 10.0 Å². The van der Waals surface area contributed by atoms with Gasteiger partial charge in [0.2, 0.25) is 10.0 Å². The van der Waals surface area contributed by atoms with Crippen LogP contribution in [0.4, 0.5) is 0 Å². The Hall–Kier alpha value is -1.89. The van der Waals surface area contributed by atoms with Gasteiger partial charge in [-0.3, -0.25) is 0 Å². The maximum atomic E-state index is 11.3. The quantitative estimate of drug-likeness (QED) is 0.901. The van der Waals surface area contributed by atoms with Crippen molar-refractivity contribution < 1.29 is 13.2 Å². The van der Waals surface area contributed by atoms with E-state index in [1.54, 1.807) is 12.1 Å². The van der Waals surface area contributed by atoms with Crippen LogP contribution in [0.25, 0.3) is 0 Å². The van der Waals surface area contributed by atoms with Gasteiger partial charge < -0.3 is 10.1 Å². The molecule has 2 aromatic rings. The minimum absolute atomic E-state index is 0.0598. The summed E-state index contributed by atoms with van der Waals surface area (Å²) in [6, 6.07) is 13.0. The van der Waals surface area contributed by atoms with Gasteiger partial charge in [-0.25, -0.2) is 13.6 Å². The number of sulfonamides is 1. The van der Waals surface area contributed by atoms with E-state index >= 15 is 0 Å². The van der Waals surface area contributed by atoms with E-state index in [0.717, 1.165) is 16.9 Å². The van der Waals surface area contributed by atoms with Gasteiger partial charge in [-0.2, -0.15) is 0 Å². The summed E-state index contributed by atoms with van der Waals surface area (Å²) in [7, 11) is -3.65. The number of nitrogens with two attached hydrogens (primary N) is 1. The largest absolute Gasteiger partial charge is 0.491 e. The van der Waals surface area contributed by atoms with Crippen LogP contribution in [0.5, 0.6) is 5.75 Å². The molecule has 0 fully saturated rings. The molecule has 1 aliphatic rings. The van der Waals surface area contributed by atoms with Crippen molar-refractivity contribution in [3.8, 4) is 5.75 Å². The fourth-order valence-electron chi connectivity index (χ4n) is 2.82. The summed E-state index contributed by atoms with van der Waals surface area (Å²) in [4.78, 5) is 0.124. The average Bonchev–Trinajstić information content (AvgIpc) is 2.89. The molecule has 0 aliphatic carbocycles. The Kier molecular flexibility index (Phi) is 4.14. The fraction of sp³-hybridized carbons (Fsp3) is 0.294. The molecule has 1 heterocycles. The SMILES string of the molecule is Cc1ccc2c(c1)[C@H](N[C@@H](C)c1ccc(S(N)(=O)=O)cc1)CO2. The van der Waals surface area contributed by atoms with Gasteiger partial charge in [-0.1, -0.05) is 29.8 Å². The molecule has 0 unspecified atom stereocenters. The highest BCUT2D eigenvalue weighted by Gasteiger charge is 2.25. The van der Waals surface area contributed by atoms with Crippen molar-refractivity contribution in [2.45, 2.75) is 30.8 Å². The van der Waals surface area contributed by atoms with Gasteiger partial charge >= 0.3 is 0 Å². The predicted molar refractivity (Wildman–Crippen MR) is 88.8 cm³/mol. The first-order chi connectivity index (χ1) is 10.8. The molecule has 5 nitrogen and oxygen atoms in total. The molecule has 0 saturated carbocycles. The normalized spacial score (nSPS) is 18.3. The van der Waals surface area contributed by atoms with Crippen LogP contribution in [0, 0.1) is 6.92 Å². The van der Waals surface area contributed by atoms with Crippen LogP contribution in [0.15, 0.2) is 47.4 Å². The number of ether oxygens (including phenoxy) is 1. The molecule has 6 heteroatoms. The molecule has 1 aliphatic heterocycles. The van der Waals surface area contributed by atoms with E-state index < -0.39 is 10.0 Å². The average molecular weight is 332 g/mol. The molecule has 3 N–H and O–H groups in total. The summed E-state index contributed by atoms with van der Waals surface area (Å²) < 4.78 is 28.3. The molecular formula is C17H20N2O3S. The summed E-state index contributed by atoms with van der Waals surface area (Å²) in [6.07, 6.45) is 0. The summed E-state index contributed by atoms with van der Waals surface area (Å²) in [5, 5.41) is 8.65. The third-order valence-electron chi connectivity index (χ3n) is 4.11. The van der Waals surface area contributed by atoms with Gasteiger partial charge in [0, 0.05) is 11.6 Å². The van der Waals surface area contributed by atoms with Crippen molar-refractivity contribution in [3.05, 3.63) is 59.2 Å². The Morgan fingerprint density at radius 2 is 1.91 bits per heavy atom. The highest BCUT2D eigenvalue weighted by atomic mass is 32.2. The van der Waals surface area contributed by atoms with Gasteiger partial charge in [-0.05, 0) is 37.6 Å². The molecule has 0 aromatic heterocycles. The zero-order valence-electron chi connectivity index (χ0n) is 13.1. The van der Waals surface area contributed by atoms with Crippen molar-refractivity contribution in [1.29, 1.82) is 0 Å². The molecule has 122 valence electrons. The number of primary sulfonamides is 1. The number of aryl methyl sites for hydroxylation is 1. The number of benzene rings is 2. The fourth-order valence-corrected chi connectivity index (χ4v) is 3.33. The van der Waals surface area contributed by atoms with Gasteiger partial charge in [0.05, 0.1) is 10.9 Å². The number of nitrogens with one attached hydrogen (secondary N) is 1. The van der Waals surface area contributed by atoms with Gasteiger partial charge in [-0.15, -0.1) is 0 Å². The Morgan fingerprint density at radius 1 is 1.22 bits per heavy atom. The molecule has 0 bridgehead atoms. The lowest BCUT2D eigenvalue weighted by atomic mass is 10.0. The summed E-state index contributed by atoms with van der Waals surface area (Å²) in [5.41, 5.74) is 3.36. The van der Waals surface area contributed by atoms with E-state index in [1.807, 2.05) is 19.1 Å². The lowest BCUT2D eigenvalue weighted by molar-refractivity contribution is 0.301. The van der Waals surface area contributed by atoms with Crippen LogP contribution in [0.2, 0.25) is 0 Å². The monoisotopic (exact) mass is 332 g/mol. The smallest absolute Gasteiger partial charge is 0.238 e. The van der Waals surface area contributed by atoms with E-state index in [0.29, 0.717) is 6.61 Å². The van der Waals surface area contributed by atoms with E-state index in [-0.39, 0.29) is 17.0 Å². The number of hydrogen-bond acceptors (Lipinski definition) is 4. The molecule has 23 heavy (non-hydrogen) atoms. The van der Waals surface area contributed by atoms with Crippen LogP contribution in [-0.4, -0.2) is 15.0 Å². The maximum Gasteiger partial charge on any atom is 0.238 e. The molecule has 2 aromatic carbocycles. The summed E-state index contributed by atoms with van der Waals surface area (Å²) in [6.45, 7) is 4.70. The minimum atomic E-state index is -3.65. The topological polar surface area (TPSA) is 81.4 Å². The van der Waals surface area contributed by atoms with Gasteiger partial charge in [0.1, 0.15) is 12.4 Å². The van der Waals surface area contributed by atoms with E-state index in [9.17, 15) is 8.42 Å². The lowest BCUT2D eigenvalue weighted by Gasteiger charge is -2.19. The molecule has 3 rings (SSSR count). The number of rotatable bonds is 4. The third-order valence-corrected chi connectivity index (χ3v) is 5.04. The Labute approximate surface area is 136 Å². The van der Waals surface area contributed by atoms with Gasteiger partial charge in [0.15, 0.2) is 0 Å². The molecule has 2 atom stereocenters. The van der Waals surface area contributed by atoms with Crippen LogP contribution < -0.4 is 15.2 Å². The zero-order chi connectivity index (χ0) is 16.6. The minimum Gasteiger partial charge on any atom is -0.491 e. The summed E-state index contributed by atoms with van der Waals surface area (Å²) >= 11 is 0. The van der Waals surface area contributed by atoms with Crippen molar-refractivity contribution >= 4 is 10.0 Å². The van der Waals surface area contributed by atoms with E-state index in [4.69, 9.17) is 9.88 Å². The number of fused-ring (bicyclic) bond motifs is 1. The van der Waals surface area contributed by atoms with Crippen LogP contribution in [0.3, 0.4) is 0 Å². The van der Waals surface area contributed by atoms with Crippen LogP contribution >= 0.6 is 0 Å². The summed E-state index contributed by atoms with van der Waals surface area (Å²) in [5.74, 6) is 0.921. The van der Waals surface area contributed by atoms with E-state index in [2.05, 4.69) is 18.3 Å². The van der Waals surface area contributed by atoms with Crippen molar-refractivity contribution in [2.24, 2.45) is 5.14 Å². The Morgan fingerprint density at radius 3 is 2.57 bits per heavy atom. The highest BCUT2D eigenvalue weighted by molar-refractivity contribution is 7.89. The predicted octanol–water partition coefficient (Wildman–Crippen LogP) is 2.43. The lowest BCUT2D eigenvalue weighted by Crippen LogP contribution is -2.25. The van der Waals surface area contributed by atoms with Crippen LogP contribution in [0.1, 0.15) is 35.7 Å². The molecule has 0 radical (unpaired) electrons. The highest BCUT2D eigenvalue weighted by Crippen LogP contribution is 2.34. The first kappa shape index (κ1) is 16.0. The molecule has 0 spiro atoms. The second-order valence-corrected chi connectivity index (χ2v) is 7.47. The second-order valence-electron chi connectivity index (χ2n) is 5.91. The zero-order valence-corrected chi connectivity index (χ0v) is 13.9. The first-order valence-corrected chi connectivity index (χ1v) is 9.01. The molecule has 0 amide bonds.